The molecule has 0 unspecified atom stereocenters. The van der Waals surface area contributed by atoms with Gasteiger partial charge in [-0.25, -0.2) is 4.39 Å². The Bertz CT molecular complexity index is 387. The number of alkyl halides is 3. The van der Waals surface area contributed by atoms with Crippen LogP contribution in [0.15, 0.2) is 18.2 Å². The van der Waals surface area contributed by atoms with Crippen molar-refractivity contribution in [3.63, 3.8) is 0 Å². The van der Waals surface area contributed by atoms with Gasteiger partial charge in [0, 0.05) is 6.04 Å². The van der Waals surface area contributed by atoms with Gasteiger partial charge in [0.15, 0.2) is 0 Å². The van der Waals surface area contributed by atoms with E-state index in [1.54, 1.807) is 0 Å². The molecule has 0 fully saturated rings. The fraction of sp³-hybridized carbons (Fsp3) is 0.538. The Morgan fingerprint density at radius 3 is 2.44 bits per heavy atom. The quantitative estimate of drug-likeness (QED) is 0.617. The molecule has 102 valence electrons. The number of hydrogen-bond acceptors (Lipinski definition) is 1. The highest BCUT2D eigenvalue weighted by molar-refractivity contribution is 5.29. The molecule has 0 bridgehead atoms. The van der Waals surface area contributed by atoms with Crippen molar-refractivity contribution in [2.24, 2.45) is 5.73 Å². The van der Waals surface area contributed by atoms with Crippen LogP contribution in [0.5, 0.6) is 0 Å². The molecule has 0 radical (unpaired) electrons. The van der Waals surface area contributed by atoms with Gasteiger partial charge in [0.25, 0.3) is 0 Å². The summed E-state index contributed by atoms with van der Waals surface area (Å²) in [5.74, 6) is -1.26. The molecule has 0 heterocycles. The summed E-state index contributed by atoms with van der Waals surface area (Å²) in [6.07, 6.45) is -1.21. The third-order valence-electron chi connectivity index (χ3n) is 2.84. The van der Waals surface area contributed by atoms with Crippen molar-refractivity contribution in [2.75, 3.05) is 0 Å². The lowest BCUT2D eigenvalue weighted by Crippen LogP contribution is -2.14. The zero-order chi connectivity index (χ0) is 13.8. The average molecular weight is 263 g/mol. The Morgan fingerprint density at radius 2 is 1.89 bits per heavy atom. The molecule has 1 aromatic rings. The maximum atomic E-state index is 13.1. The summed E-state index contributed by atoms with van der Waals surface area (Å²) in [6, 6.07) is 2.49. The van der Waals surface area contributed by atoms with E-state index in [9.17, 15) is 17.6 Å². The van der Waals surface area contributed by atoms with Gasteiger partial charge in [0.05, 0.1) is 5.56 Å². The normalized spacial score (nSPS) is 13.7. The van der Waals surface area contributed by atoms with E-state index in [4.69, 9.17) is 5.73 Å². The molecule has 0 saturated carbocycles. The zero-order valence-corrected chi connectivity index (χ0v) is 10.2. The summed E-state index contributed by atoms with van der Waals surface area (Å²) in [4.78, 5) is 0. The van der Waals surface area contributed by atoms with Crippen molar-refractivity contribution >= 4 is 0 Å². The van der Waals surface area contributed by atoms with Crippen molar-refractivity contribution in [3.8, 4) is 0 Å². The molecule has 1 nitrogen and oxygen atoms in total. The van der Waals surface area contributed by atoms with E-state index in [2.05, 4.69) is 0 Å². The Balaban J connectivity index is 2.84. The van der Waals surface area contributed by atoms with Gasteiger partial charge in [-0.05, 0) is 24.1 Å². The first-order chi connectivity index (χ1) is 8.36. The molecule has 0 spiro atoms. The first-order valence-corrected chi connectivity index (χ1v) is 5.98. The number of halogens is 4. The second kappa shape index (κ2) is 6.18. The third-order valence-corrected chi connectivity index (χ3v) is 2.84. The minimum Gasteiger partial charge on any atom is -0.324 e. The van der Waals surface area contributed by atoms with Gasteiger partial charge in [-0.15, -0.1) is 0 Å². The molecule has 0 aliphatic rings. The minimum atomic E-state index is -4.68. The van der Waals surface area contributed by atoms with E-state index in [0.717, 1.165) is 31.4 Å². The Labute approximate surface area is 104 Å². The highest BCUT2D eigenvalue weighted by Crippen LogP contribution is 2.33. The fourth-order valence-electron chi connectivity index (χ4n) is 1.77. The largest absolute Gasteiger partial charge is 0.419 e. The monoisotopic (exact) mass is 263 g/mol. The Kier molecular flexibility index (Phi) is 5.14. The maximum absolute atomic E-state index is 13.1. The molecule has 18 heavy (non-hydrogen) atoms. The van der Waals surface area contributed by atoms with Crippen molar-refractivity contribution in [2.45, 2.75) is 44.8 Å². The summed E-state index contributed by atoms with van der Waals surface area (Å²) in [5, 5.41) is 0. The topological polar surface area (TPSA) is 26.0 Å². The SMILES string of the molecule is CCCCC[C@H](N)c1ccc(F)c(C(F)(F)F)c1. The summed E-state index contributed by atoms with van der Waals surface area (Å²) in [5.41, 5.74) is 4.90. The highest BCUT2D eigenvalue weighted by atomic mass is 19.4. The average Bonchev–Trinajstić information content (AvgIpc) is 2.28. The second-order valence-electron chi connectivity index (χ2n) is 4.34. The number of hydrogen-bond donors (Lipinski definition) is 1. The number of rotatable bonds is 5. The van der Waals surface area contributed by atoms with Crippen LogP contribution in [-0.2, 0) is 6.18 Å². The molecule has 2 N–H and O–H groups in total. The van der Waals surface area contributed by atoms with Crippen LogP contribution < -0.4 is 5.73 Å². The molecule has 1 atom stereocenters. The van der Waals surface area contributed by atoms with Crippen molar-refractivity contribution in [1.82, 2.24) is 0 Å². The van der Waals surface area contributed by atoms with Crippen LogP contribution in [0.25, 0.3) is 0 Å². The van der Waals surface area contributed by atoms with Crippen LogP contribution in [-0.4, -0.2) is 0 Å². The molecule has 0 aliphatic carbocycles. The van der Waals surface area contributed by atoms with Crippen molar-refractivity contribution < 1.29 is 17.6 Å². The molecule has 0 aliphatic heterocycles. The van der Waals surface area contributed by atoms with Gasteiger partial charge in [0.2, 0.25) is 0 Å². The Hall–Kier alpha value is -1.10. The fourth-order valence-corrected chi connectivity index (χ4v) is 1.77. The smallest absolute Gasteiger partial charge is 0.324 e. The Morgan fingerprint density at radius 1 is 1.22 bits per heavy atom. The van der Waals surface area contributed by atoms with Gasteiger partial charge < -0.3 is 5.73 Å². The summed E-state index contributed by atoms with van der Waals surface area (Å²) >= 11 is 0. The van der Waals surface area contributed by atoms with Crippen molar-refractivity contribution in [3.05, 3.63) is 35.1 Å². The lowest BCUT2D eigenvalue weighted by atomic mass is 9.99. The molecule has 5 heteroatoms. The summed E-state index contributed by atoms with van der Waals surface area (Å²) < 4.78 is 50.6. The zero-order valence-electron chi connectivity index (χ0n) is 10.2. The molecule has 0 aromatic heterocycles. The van der Waals surface area contributed by atoms with Crippen molar-refractivity contribution in [1.29, 1.82) is 0 Å². The lowest BCUT2D eigenvalue weighted by Gasteiger charge is -2.15. The first-order valence-electron chi connectivity index (χ1n) is 5.98. The van der Waals surface area contributed by atoms with Crippen LogP contribution >= 0.6 is 0 Å². The van der Waals surface area contributed by atoms with E-state index >= 15 is 0 Å². The van der Waals surface area contributed by atoms with E-state index in [0.29, 0.717) is 12.0 Å². The van der Waals surface area contributed by atoms with Gasteiger partial charge in [-0.2, -0.15) is 13.2 Å². The van der Waals surface area contributed by atoms with E-state index in [-0.39, 0.29) is 0 Å². The van der Waals surface area contributed by atoms with Gasteiger partial charge in [-0.1, -0.05) is 32.3 Å². The first kappa shape index (κ1) is 15.0. The van der Waals surface area contributed by atoms with Gasteiger partial charge in [-0.3, -0.25) is 0 Å². The van der Waals surface area contributed by atoms with Gasteiger partial charge >= 0.3 is 6.18 Å². The molecular formula is C13H17F4N. The standard InChI is InChI=1S/C13H17F4N/c1-2-3-4-5-12(18)9-6-7-11(14)10(8-9)13(15,16)17/h6-8,12H,2-5,18H2,1H3/t12-/m0/s1. The minimum absolute atomic E-state index is 0.333. The van der Waals surface area contributed by atoms with Crippen LogP contribution in [0.3, 0.4) is 0 Å². The number of benzene rings is 1. The highest BCUT2D eigenvalue weighted by Gasteiger charge is 2.34. The molecular weight excluding hydrogens is 246 g/mol. The summed E-state index contributed by atoms with van der Waals surface area (Å²) in [6.45, 7) is 2.03. The van der Waals surface area contributed by atoms with Gasteiger partial charge in [0.1, 0.15) is 5.82 Å². The van der Waals surface area contributed by atoms with E-state index in [1.165, 1.54) is 6.07 Å². The van der Waals surface area contributed by atoms with E-state index < -0.39 is 23.6 Å². The summed E-state index contributed by atoms with van der Waals surface area (Å²) in [7, 11) is 0. The van der Waals surface area contributed by atoms with Crippen LogP contribution in [0.2, 0.25) is 0 Å². The lowest BCUT2D eigenvalue weighted by molar-refractivity contribution is -0.140. The third kappa shape index (κ3) is 3.98. The number of unbranched alkanes of at least 4 members (excludes halogenated alkanes) is 2. The van der Waals surface area contributed by atoms with Crippen LogP contribution in [0, 0.1) is 5.82 Å². The molecule has 0 amide bonds. The predicted octanol–water partition coefficient (Wildman–Crippen LogP) is 4.42. The van der Waals surface area contributed by atoms with Crippen LogP contribution in [0.1, 0.15) is 49.8 Å². The molecule has 1 aromatic carbocycles. The van der Waals surface area contributed by atoms with E-state index in [1.807, 2.05) is 6.92 Å². The number of nitrogens with two attached hydrogens (primary N) is 1. The molecule has 1 rings (SSSR count). The molecule has 0 saturated heterocycles. The van der Waals surface area contributed by atoms with Crippen LogP contribution in [0.4, 0.5) is 17.6 Å². The maximum Gasteiger partial charge on any atom is 0.419 e. The second-order valence-corrected chi connectivity index (χ2v) is 4.34. The predicted molar refractivity (Wildman–Crippen MR) is 62.5 cm³/mol.